The molecule has 0 radical (unpaired) electrons. The summed E-state index contributed by atoms with van der Waals surface area (Å²) in [7, 11) is 0. The van der Waals surface area contributed by atoms with Crippen molar-refractivity contribution in [1.29, 1.82) is 0 Å². The molecular weight excluding hydrogens is 404 g/mol. The van der Waals surface area contributed by atoms with Crippen molar-refractivity contribution >= 4 is 40.1 Å². The summed E-state index contributed by atoms with van der Waals surface area (Å²) in [5.41, 5.74) is 2.59. The summed E-state index contributed by atoms with van der Waals surface area (Å²) in [5.74, 6) is -0.251. The second-order valence-electron chi connectivity index (χ2n) is 7.28. The van der Waals surface area contributed by atoms with Crippen LogP contribution in [0.3, 0.4) is 0 Å². The van der Waals surface area contributed by atoms with Gasteiger partial charge in [-0.1, -0.05) is 26.0 Å². The number of thiazole rings is 1. The first kappa shape index (κ1) is 21.8. The van der Waals surface area contributed by atoms with E-state index in [0.717, 1.165) is 5.69 Å². The molecule has 0 aliphatic carbocycles. The first-order valence-electron chi connectivity index (χ1n) is 9.93. The number of rotatable bonds is 8. The lowest BCUT2D eigenvalue weighted by Gasteiger charge is -2.19. The third-order valence-electron chi connectivity index (χ3n) is 4.73. The lowest BCUT2D eigenvalue weighted by molar-refractivity contribution is -0.142. The molecule has 0 unspecified atom stereocenters. The van der Waals surface area contributed by atoms with Crippen LogP contribution in [-0.4, -0.2) is 54.0 Å². The molecule has 9 heteroatoms. The van der Waals surface area contributed by atoms with Gasteiger partial charge in [-0.05, 0) is 30.5 Å². The molecule has 1 fully saturated rings. The Bertz CT molecular complexity index is 910. The zero-order valence-electron chi connectivity index (χ0n) is 17.4. The van der Waals surface area contributed by atoms with E-state index >= 15 is 0 Å². The second-order valence-corrected chi connectivity index (χ2v) is 8.13. The molecule has 3 amide bonds. The summed E-state index contributed by atoms with van der Waals surface area (Å²) in [6.07, 6.45) is 0.0649. The summed E-state index contributed by atoms with van der Waals surface area (Å²) in [5, 5.41) is 4.79. The molecule has 1 N–H and O–H groups in total. The Morgan fingerprint density at radius 3 is 2.63 bits per heavy atom. The maximum Gasteiger partial charge on any atom is 0.325 e. The number of carbonyl (C=O) groups excluding carboxylic acids is 3. The van der Waals surface area contributed by atoms with E-state index in [1.165, 1.54) is 21.8 Å². The number of aromatic nitrogens is 1. The van der Waals surface area contributed by atoms with Crippen LogP contribution in [0.5, 0.6) is 0 Å². The Labute approximate surface area is 179 Å². The molecule has 8 nitrogen and oxygen atoms in total. The highest BCUT2D eigenvalue weighted by atomic mass is 32.1. The minimum Gasteiger partial charge on any atom is -0.466 e. The van der Waals surface area contributed by atoms with E-state index < -0.39 is 0 Å². The van der Waals surface area contributed by atoms with Crippen molar-refractivity contribution in [1.82, 2.24) is 9.88 Å². The molecule has 30 heavy (non-hydrogen) atoms. The first-order valence-corrected chi connectivity index (χ1v) is 10.8. The van der Waals surface area contributed by atoms with E-state index in [9.17, 15) is 14.4 Å². The van der Waals surface area contributed by atoms with Crippen molar-refractivity contribution in [2.24, 2.45) is 0 Å². The molecule has 0 bridgehead atoms. The van der Waals surface area contributed by atoms with Crippen LogP contribution in [0.15, 0.2) is 29.6 Å². The second kappa shape index (κ2) is 9.71. The predicted octanol–water partition coefficient (Wildman–Crippen LogP) is 3.25. The van der Waals surface area contributed by atoms with E-state index in [4.69, 9.17) is 4.74 Å². The van der Waals surface area contributed by atoms with Gasteiger partial charge in [-0.15, -0.1) is 11.3 Å². The van der Waals surface area contributed by atoms with Crippen LogP contribution < -0.4 is 10.2 Å². The maximum absolute atomic E-state index is 12.7. The summed E-state index contributed by atoms with van der Waals surface area (Å²) in [4.78, 5) is 44.0. The van der Waals surface area contributed by atoms with Gasteiger partial charge in [0.15, 0.2) is 5.13 Å². The molecule has 1 aromatic carbocycles. The van der Waals surface area contributed by atoms with E-state index in [1.807, 2.05) is 24.3 Å². The van der Waals surface area contributed by atoms with E-state index in [2.05, 4.69) is 24.1 Å². The normalized spacial score (nSPS) is 13.8. The highest BCUT2D eigenvalue weighted by molar-refractivity contribution is 7.13. The van der Waals surface area contributed by atoms with Gasteiger partial charge in [0.1, 0.15) is 6.54 Å². The lowest BCUT2D eigenvalue weighted by atomic mass is 10.0. The Hall–Kier alpha value is -2.94. The molecule has 2 aromatic rings. The van der Waals surface area contributed by atoms with Crippen LogP contribution in [0.4, 0.5) is 15.6 Å². The van der Waals surface area contributed by atoms with Crippen molar-refractivity contribution in [3.63, 3.8) is 0 Å². The summed E-state index contributed by atoms with van der Waals surface area (Å²) < 4.78 is 4.89. The number of hydrogen-bond acceptors (Lipinski definition) is 6. The van der Waals surface area contributed by atoms with Gasteiger partial charge in [0.2, 0.25) is 5.91 Å². The van der Waals surface area contributed by atoms with Crippen LogP contribution >= 0.6 is 11.3 Å². The highest BCUT2D eigenvalue weighted by Gasteiger charge is 2.31. The molecule has 3 rings (SSSR count). The number of hydrogen-bond donors (Lipinski definition) is 1. The number of nitrogens with zero attached hydrogens (tertiary/aromatic N) is 3. The molecule has 0 atom stereocenters. The fraction of sp³-hybridized carbons (Fsp3) is 0.429. The highest BCUT2D eigenvalue weighted by Crippen LogP contribution is 2.23. The Morgan fingerprint density at radius 1 is 1.23 bits per heavy atom. The smallest absolute Gasteiger partial charge is 0.325 e. The fourth-order valence-electron chi connectivity index (χ4n) is 3.15. The quantitative estimate of drug-likeness (QED) is 0.649. The van der Waals surface area contributed by atoms with Crippen molar-refractivity contribution < 1.29 is 19.1 Å². The Morgan fingerprint density at radius 2 is 1.97 bits per heavy atom. The predicted molar refractivity (Wildman–Crippen MR) is 116 cm³/mol. The van der Waals surface area contributed by atoms with Crippen LogP contribution in [0.25, 0.3) is 0 Å². The van der Waals surface area contributed by atoms with Crippen molar-refractivity contribution in [2.45, 2.75) is 33.1 Å². The van der Waals surface area contributed by atoms with Crippen LogP contribution in [0.1, 0.15) is 37.9 Å². The fourth-order valence-corrected chi connectivity index (χ4v) is 3.87. The molecule has 0 saturated carbocycles. The zero-order valence-corrected chi connectivity index (χ0v) is 18.2. The maximum atomic E-state index is 12.7. The van der Waals surface area contributed by atoms with Crippen LogP contribution in [0, 0.1) is 0 Å². The van der Waals surface area contributed by atoms with Crippen molar-refractivity contribution in [2.75, 3.05) is 36.5 Å². The van der Waals surface area contributed by atoms with E-state index in [1.54, 1.807) is 17.2 Å². The number of anilines is 2. The van der Waals surface area contributed by atoms with Gasteiger partial charge in [0.25, 0.3) is 0 Å². The van der Waals surface area contributed by atoms with E-state index in [-0.39, 0.29) is 30.9 Å². The minimum absolute atomic E-state index is 0.0494. The Kier molecular flexibility index (Phi) is 7.04. The van der Waals surface area contributed by atoms with Crippen molar-refractivity contribution in [3.8, 4) is 0 Å². The monoisotopic (exact) mass is 430 g/mol. The molecule has 2 heterocycles. The number of urea groups is 1. The number of ether oxygens (including phenoxy) is 1. The van der Waals surface area contributed by atoms with Crippen LogP contribution in [0.2, 0.25) is 0 Å². The largest absolute Gasteiger partial charge is 0.466 e. The SMILES string of the molecule is CCOC(=O)Cc1csc(NC(=O)CN2CCN(c3ccc(C(C)C)cc3)C2=O)n1. The Balaban J connectivity index is 1.53. The molecule has 1 aliphatic heterocycles. The number of nitrogens with one attached hydrogen (secondary N) is 1. The topological polar surface area (TPSA) is 91.8 Å². The molecule has 160 valence electrons. The molecule has 0 spiro atoms. The number of amides is 3. The summed E-state index contributed by atoms with van der Waals surface area (Å²) in [6.45, 7) is 7.27. The average Bonchev–Trinajstić information content (AvgIpc) is 3.28. The van der Waals surface area contributed by atoms with Gasteiger partial charge in [0, 0.05) is 24.2 Å². The van der Waals surface area contributed by atoms with Crippen LogP contribution in [-0.2, 0) is 20.7 Å². The zero-order chi connectivity index (χ0) is 21.7. The van der Waals surface area contributed by atoms with Gasteiger partial charge >= 0.3 is 12.0 Å². The molecule has 1 aliphatic rings. The molecule has 1 saturated heterocycles. The average molecular weight is 431 g/mol. The number of benzene rings is 1. The van der Waals surface area contributed by atoms with Crippen molar-refractivity contribution in [3.05, 3.63) is 40.9 Å². The first-order chi connectivity index (χ1) is 14.4. The minimum atomic E-state index is -0.357. The van der Waals surface area contributed by atoms with Gasteiger partial charge in [-0.3, -0.25) is 14.5 Å². The van der Waals surface area contributed by atoms with Gasteiger partial charge in [-0.25, -0.2) is 9.78 Å². The summed E-state index contributed by atoms with van der Waals surface area (Å²) in [6, 6.07) is 7.75. The lowest BCUT2D eigenvalue weighted by Crippen LogP contribution is -2.37. The van der Waals surface area contributed by atoms with Gasteiger partial charge in [0.05, 0.1) is 18.7 Å². The van der Waals surface area contributed by atoms with E-state index in [0.29, 0.717) is 36.4 Å². The van der Waals surface area contributed by atoms with Gasteiger partial charge < -0.3 is 15.0 Å². The standard InChI is InChI=1S/C21H26N4O4S/c1-4-29-19(27)11-16-13-30-20(22-16)23-18(26)12-24-9-10-25(21(24)28)17-7-5-15(6-8-17)14(2)3/h5-8,13-14H,4,9-12H2,1-3H3,(H,22,23,26). The third kappa shape index (κ3) is 5.35. The third-order valence-corrected chi connectivity index (χ3v) is 5.54. The molecule has 1 aromatic heterocycles. The number of carbonyl (C=O) groups is 3. The summed E-state index contributed by atoms with van der Waals surface area (Å²) >= 11 is 1.23. The van der Waals surface area contributed by atoms with Gasteiger partial charge in [-0.2, -0.15) is 0 Å². The number of esters is 1. The molecular formula is C21H26N4O4S.